The van der Waals surface area contributed by atoms with Crippen LogP contribution in [0.3, 0.4) is 0 Å². The number of nitrogens with zero attached hydrogens (tertiary/aromatic N) is 4. The van der Waals surface area contributed by atoms with Gasteiger partial charge >= 0.3 is 12.1 Å². The van der Waals surface area contributed by atoms with Gasteiger partial charge in [-0.3, -0.25) is 4.79 Å². The highest BCUT2D eigenvalue weighted by molar-refractivity contribution is 7.89. The van der Waals surface area contributed by atoms with E-state index < -0.39 is 22.2 Å². The lowest BCUT2D eigenvalue weighted by molar-refractivity contribution is -0.192. The monoisotopic (exact) mass is 659 g/mol. The summed E-state index contributed by atoms with van der Waals surface area (Å²) in [5.41, 5.74) is 5.25. The zero-order valence-corrected chi connectivity index (χ0v) is 25.7. The van der Waals surface area contributed by atoms with Crippen molar-refractivity contribution in [3.8, 4) is 11.1 Å². The van der Waals surface area contributed by atoms with E-state index >= 15 is 0 Å². The van der Waals surface area contributed by atoms with Crippen molar-refractivity contribution < 1.29 is 36.3 Å². The number of sulfonamides is 1. The number of hydrogen-bond donors (Lipinski definition) is 4. The first-order valence-electron chi connectivity index (χ1n) is 14.1. The lowest BCUT2D eigenvalue weighted by Gasteiger charge is -2.15. The number of carbonyl (C=O) groups excluding carboxylic acids is 1. The molecule has 16 heteroatoms. The molecule has 0 bridgehead atoms. The van der Waals surface area contributed by atoms with E-state index in [2.05, 4.69) is 35.4 Å². The maximum absolute atomic E-state index is 12.7. The number of carbonyl (C=O) groups is 2. The maximum Gasteiger partial charge on any atom is 0.490 e. The molecule has 0 aliphatic carbocycles. The van der Waals surface area contributed by atoms with Gasteiger partial charge in [-0.2, -0.15) is 13.2 Å². The summed E-state index contributed by atoms with van der Waals surface area (Å²) in [6.07, 6.45) is -2.74. The molecule has 2 heterocycles. The minimum absolute atomic E-state index is 0.190. The number of anilines is 3. The molecule has 4 N–H and O–H groups in total. The van der Waals surface area contributed by atoms with Gasteiger partial charge in [0.1, 0.15) is 5.52 Å². The maximum atomic E-state index is 12.7. The minimum atomic E-state index is -5.08. The van der Waals surface area contributed by atoms with Gasteiger partial charge in [0.05, 0.1) is 16.1 Å². The van der Waals surface area contributed by atoms with Crippen molar-refractivity contribution in [3.63, 3.8) is 0 Å². The standard InChI is InChI=1S/C28H31N7O3S.C2HF3O2/c1-19-7-3-4-8-23(19)24-17-27-26(18-25(24)30-20(2)36)32-28(34-33-27)31-21-9-11-22(12-10-21)39(37,38)29-13-16-35-14-5-6-15-35;3-2(4,5)1(6)7/h3-4,7-12,17-18,29H,5-6,13-16H2,1-2H3,(H,30,36)(H,31,32,34);(H,6,7). The van der Waals surface area contributed by atoms with Crippen LogP contribution in [0.15, 0.2) is 65.6 Å². The minimum Gasteiger partial charge on any atom is -0.475 e. The number of carboxylic acid groups (broad SMARTS) is 1. The fraction of sp³-hybridized carbons (Fsp3) is 0.300. The second kappa shape index (κ2) is 14.6. The molecule has 0 radical (unpaired) electrons. The molecule has 3 aromatic carbocycles. The number of halogens is 3. The van der Waals surface area contributed by atoms with Crippen LogP contribution in [-0.4, -0.2) is 77.8 Å². The molecule has 1 fully saturated rings. The fourth-order valence-electron chi connectivity index (χ4n) is 4.70. The van der Waals surface area contributed by atoms with Crippen molar-refractivity contribution in [1.82, 2.24) is 24.8 Å². The van der Waals surface area contributed by atoms with E-state index in [1.54, 1.807) is 30.3 Å². The van der Waals surface area contributed by atoms with Gasteiger partial charge < -0.3 is 20.6 Å². The molecule has 0 atom stereocenters. The summed E-state index contributed by atoms with van der Waals surface area (Å²) in [5, 5.41) is 21.6. The molecule has 1 aliphatic rings. The summed E-state index contributed by atoms with van der Waals surface area (Å²) in [6.45, 7) is 6.61. The third-order valence-electron chi connectivity index (χ3n) is 6.92. The topological polar surface area (TPSA) is 167 Å². The Morgan fingerprint density at radius 3 is 2.22 bits per heavy atom. The molecule has 5 rings (SSSR count). The number of aromatic nitrogens is 3. The van der Waals surface area contributed by atoms with Crippen molar-refractivity contribution >= 4 is 50.3 Å². The summed E-state index contributed by atoms with van der Waals surface area (Å²) >= 11 is 0. The van der Waals surface area contributed by atoms with E-state index in [0.717, 1.165) is 29.8 Å². The van der Waals surface area contributed by atoms with E-state index in [1.807, 2.05) is 37.3 Å². The van der Waals surface area contributed by atoms with Crippen LogP contribution in [0.5, 0.6) is 0 Å². The van der Waals surface area contributed by atoms with Crippen molar-refractivity contribution in [2.45, 2.75) is 37.8 Å². The molecule has 12 nitrogen and oxygen atoms in total. The SMILES string of the molecule is CC(=O)Nc1cc2nc(Nc3ccc(S(=O)(=O)NCCN4CCCC4)cc3)nnc2cc1-c1ccccc1C.O=C(O)C(F)(F)F. The zero-order valence-electron chi connectivity index (χ0n) is 24.9. The van der Waals surface area contributed by atoms with Crippen molar-refractivity contribution in [1.29, 1.82) is 0 Å². The molecular formula is C30H32F3N7O5S. The molecule has 1 amide bonds. The predicted octanol–water partition coefficient (Wildman–Crippen LogP) is 4.71. The fourth-order valence-corrected chi connectivity index (χ4v) is 5.72. The number of likely N-dealkylation sites (tertiary alicyclic amines) is 1. The molecule has 0 spiro atoms. The van der Waals surface area contributed by atoms with Crippen molar-refractivity contribution in [3.05, 3.63) is 66.2 Å². The molecule has 1 aliphatic heterocycles. The molecule has 46 heavy (non-hydrogen) atoms. The number of benzene rings is 3. The molecule has 244 valence electrons. The van der Waals surface area contributed by atoms with Crippen LogP contribution in [0, 0.1) is 6.92 Å². The first-order valence-corrected chi connectivity index (χ1v) is 15.6. The number of aliphatic carboxylic acids is 1. The Kier molecular flexibility index (Phi) is 10.9. The van der Waals surface area contributed by atoms with Gasteiger partial charge in [-0.15, -0.1) is 10.2 Å². The highest BCUT2D eigenvalue weighted by Gasteiger charge is 2.38. The number of amides is 1. The van der Waals surface area contributed by atoms with E-state index in [1.165, 1.54) is 19.8 Å². The molecular weight excluding hydrogens is 627 g/mol. The van der Waals surface area contributed by atoms with Gasteiger partial charge in [-0.25, -0.2) is 22.9 Å². The highest BCUT2D eigenvalue weighted by Crippen LogP contribution is 2.33. The Morgan fingerprint density at radius 1 is 0.957 bits per heavy atom. The Balaban J connectivity index is 0.000000617. The van der Waals surface area contributed by atoms with Crippen LogP contribution in [0.1, 0.15) is 25.3 Å². The Hall–Kier alpha value is -4.67. The zero-order chi connectivity index (χ0) is 33.5. The van der Waals surface area contributed by atoms with E-state index in [4.69, 9.17) is 9.90 Å². The number of nitrogens with one attached hydrogen (secondary N) is 3. The summed E-state index contributed by atoms with van der Waals surface area (Å²) in [7, 11) is -3.60. The Bertz CT molecular complexity index is 1810. The van der Waals surface area contributed by atoms with Crippen LogP contribution in [0.25, 0.3) is 22.2 Å². The van der Waals surface area contributed by atoms with Crippen molar-refractivity contribution in [2.75, 3.05) is 36.8 Å². The lowest BCUT2D eigenvalue weighted by atomic mass is 9.98. The average Bonchev–Trinajstić information content (AvgIpc) is 3.51. The van der Waals surface area contributed by atoms with Gasteiger partial charge in [0.2, 0.25) is 21.9 Å². The van der Waals surface area contributed by atoms with Crippen LogP contribution in [0.2, 0.25) is 0 Å². The molecule has 4 aromatic rings. The van der Waals surface area contributed by atoms with Gasteiger partial charge in [-0.1, -0.05) is 24.3 Å². The van der Waals surface area contributed by atoms with Crippen molar-refractivity contribution in [2.24, 2.45) is 0 Å². The van der Waals surface area contributed by atoms with Crippen LogP contribution >= 0.6 is 0 Å². The van der Waals surface area contributed by atoms with Crippen LogP contribution < -0.4 is 15.4 Å². The number of rotatable bonds is 9. The summed E-state index contributed by atoms with van der Waals surface area (Å²) in [4.78, 5) is 27.8. The summed E-state index contributed by atoms with van der Waals surface area (Å²) in [5.74, 6) is -2.70. The van der Waals surface area contributed by atoms with Crippen LogP contribution in [-0.2, 0) is 19.6 Å². The Morgan fingerprint density at radius 2 is 1.61 bits per heavy atom. The smallest absolute Gasteiger partial charge is 0.475 e. The van der Waals surface area contributed by atoms with Gasteiger partial charge in [0, 0.05) is 31.3 Å². The number of alkyl halides is 3. The molecule has 1 aromatic heterocycles. The average molecular weight is 660 g/mol. The quantitative estimate of drug-likeness (QED) is 0.198. The lowest BCUT2D eigenvalue weighted by Crippen LogP contribution is -2.33. The van der Waals surface area contributed by atoms with Gasteiger partial charge in [0.15, 0.2) is 0 Å². The van der Waals surface area contributed by atoms with Gasteiger partial charge in [-0.05, 0) is 80.4 Å². The first-order chi connectivity index (χ1) is 21.7. The first kappa shape index (κ1) is 34.2. The van der Waals surface area contributed by atoms with E-state index in [-0.39, 0.29) is 16.8 Å². The molecule has 0 unspecified atom stereocenters. The molecule has 1 saturated heterocycles. The summed E-state index contributed by atoms with van der Waals surface area (Å²) < 4.78 is 59.7. The highest BCUT2D eigenvalue weighted by atomic mass is 32.2. The normalized spacial score (nSPS) is 13.6. The predicted molar refractivity (Wildman–Crippen MR) is 166 cm³/mol. The van der Waals surface area contributed by atoms with E-state index in [9.17, 15) is 26.4 Å². The number of aryl methyl sites for hydroxylation is 1. The largest absolute Gasteiger partial charge is 0.490 e. The molecule has 0 saturated carbocycles. The van der Waals surface area contributed by atoms with E-state index in [0.29, 0.717) is 35.5 Å². The Labute approximate surface area is 263 Å². The third-order valence-corrected chi connectivity index (χ3v) is 8.40. The van der Waals surface area contributed by atoms with Crippen LogP contribution in [0.4, 0.5) is 30.5 Å². The second-order valence-corrected chi connectivity index (χ2v) is 12.2. The number of carboxylic acids is 1. The third kappa shape index (κ3) is 9.18. The second-order valence-electron chi connectivity index (χ2n) is 10.4. The summed E-state index contributed by atoms with van der Waals surface area (Å²) in [6, 6.07) is 18.0. The number of hydrogen-bond acceptors (Lipinski definition) is 9. The number of fused-ring (bicyclic) bond motifs is 1. The van der Waals surface area contributed by atoms with Gasteiger partial charge in [0.25, 0.3) is 0 Å².